The van der Waals surface area contributed by atoms with E-state index < -0.39 is 24.1 Å². The maximum atomic E-state index is 12.6. The van der Waals surface area contributed by atoms with Gasteiger partial charge >= 0.3 is 0 Å². The summed E-state index contributed by atoms with van der Waals surface area (Å²) in [5, 5.41) is 41.5. The second-order valence-corrected chi connectivity index (χ2v) is 7.84. The van der Waals surface area contributed by atoms with Crippen molar-refractivity contribution in [2.24, 2.45) is 23.7 Å². The third-order valence-electron chi connectivity index (χ3n) is 5.42. The van der Waals surface area contributed by atoms with Gasteiger partial charge in [0.05, 0.1) is 18.5 Å². The van der Waals surface area contributed by atoms with E-state index in [1.165, 1.54) is 0 Å². The van der Waals surface area contributed by atoms with Gasteiger partial charge in [-0.05, 0) is 24.8 Å². The molecule has 31 heavy (non-hydrogen) atoms. The van der Waals surface area contributed by atoms with Crippen LogP contribution in [0.1, 0.15) is 27.2 Å². The minimum atomic E-state index is -0.835. The molecular formula is C20H34N4O7. The van der Waals surface area contributed by atoms with Gasteiger partial charge in [0.15, 0.2) is 0 Å². The van der Waals surface area contributed by atoms with Crippen LogP contribution >= 0.6 is 0 Å². The topological polar surface area (TPSA) is 174 Å². The van der Waals surface area contributed by atoms with Gasteiger partial charge in [-0.25, -0.2) is 4.98 Å². The van der Waals surface area contributed by atoms with E-state index >= 15 is 0 Å². The summed E-state index contributed by atoms with van der Waals surface area (Å²) in [6, 6.07) is 0. The van der Waals surface area contributed by atoms with E-state index in [1.807, 2.05) is 17.7 Å². The summed E-state index contributed by atoms with van der Waals surface area (Å²) in [5.41, 5.74) is 0. The molecule has 1 saturated heterocycles. The van der Waals surface area contributed by atoms with E-state index in [1.54, 1.807) is 12.5 Å². The number of aliphatic hydroxyl groups is 2. The fraction of sp³-hybridized carbons (Fsp3) is 0.700. The zero-order chi connectivity index (χ0) is 23.6. The zero-order valence-electron chi connectivity index (χ0n) is 18.1. The number of aliphatic hydroxyl groups excluding tert-OH is 2. The highest BCUT2D eigenvalue weighted by atomic mass is 16.4. The number of nitrogens with zero attached hydrogens (tertiary/aromatic N) is 2. The van der Waals surface area contributed by atoms with E-state index in [-0.39, 0.29) is 29.6 Å². The van der Waals surface area contributed by atoms with Crippen molar-refractivity contribution >= 4 is 17.8 Å². The van der Waals surface area contributed by atoms with Crippen molar-refractivity contribution in [3.8, 4) is 0 Å². The highest BCUT2D eigenvalue weighted by molar-refractivity contribution is 5.79. The molecule has 176 valence electrons. The van der Waals surface area contributed by atoms with Crippen molar-refractivity contribution in [1.29, 1.82) is 0 Å². The number of hydrogen-bond acceptors (Lipinski definition) is 7. The van der Waals surface area contributed by atoms with E-state index in [0.717, 1.165) is 33.4 Å². The van der Waals surface area contributed by atoms with Crippen LogP contribution in [0, 0.1) is 23.7 Å². The largest absolute Gasteiger partial charge is 0.481 e. The quantitative estimate of drug-likeness (QED) is 0.325. The van der Waals surface area contributed by atoms with Gasteiger partial charge in [-0.1, -0.05) is 6.92 Å². The van der Waals surface area contributed by atoms with Crippen molar-refractivity contribution < 1.29 is 34.8 Å². The SMILES string of the molecule is CC(=O)O.CC(=O)O.C[C@H]1[C@H](O)[C@@H](O)[C@H]2CNC[C@@H]2[C@H]1C(=O)NCCCn1ccnc1. The third-order valence-corrected chi connectivity index (χ3v) is 5.42. The Morgan fingerprint density at radius 1 is 1.10 bits per heavy atom. The summed E-state index contributed by atoms with van der Waals surface area (Å²) >= 11 is 0. The number of carbonyl (C=O) groups is 3. The predicted octanol–water partition coefficient (Wildman–Crippen LogP) is -0.605. The number of rotatable bonds is 5. The van der Waals surface area contributed by atoms with Crippen LogP contribution in [0.2, 0.25) is 0 Å². The Kier molecular flexibility index (Phi) is 11.2. The average molecular weight is 443 g/mol. The smallest absolute Gasteiger partial charge is 0.300 e. The first-order chi connectivity index (χ1) is 14.6. The molecule has 6 N–H and O–H groups in total. The first kappa shape index (κ1) is 26.5. The summed E-state index contributed by atoms with van der Waals surface area (Å²) < 4.78 is 1.98. The highest BCUT2D eigenvalue weighted by Crippen LogP contribution is 2.41. The molecular weight excluding hydrogens is 408 g/mol. The summed E-state index contributed by atoms with van der Waals surface area (Å²) in [4.78, 5) is 34.6. The molecule has 1 aliphatic carbocycles. The Hall–Kier alpha value is -2.50. The average Bonchev–Trinajstić information content (AvgIpc) is 3.34. The molecule has 0 aromatic carbocycles. The van der Waals surface area contributed by atoms with Crippen LogP contribution in [0.4, 0.5) is 0 Å². The monoisotopic (exact) mass is 442 g/mol. The molecule has 11 heteroatoms. The lowest BCUT2D eigenvalue weighted by atomic mass is 9.65. The van der Waals surface area contributed by atoms with Crippen LogP contribution < -0.4 is 10.6 Å². The summed E-state index contributed by atoms with van der Waals surface area (Å²) in [6.45, 7) is 6.84. The molecule has 0 unspecified atom stereocenters. The van der Waals surface area contributed by atoms with Gasteiger partial charge in [0.1, 0.15) is 0 Å². The Morgan fingerprint density at radius 2 is 1.68 bits per heavy atom. The minimum Gasteiger partial charge on any atom is -0.481 e. The Morgan fingerprint density at radius 3 is 2.23 bits per heavy atom. The maximum Gasteiger partial charge on any atom is 0.300 e. The lowest BCUT2D eigenvalue weighted by molar-refractivity contribution is -0.145. The van der Waals surface area contributed by atoms with Gasteiger partial charge in [-0.3, -0.25) is 14.4 Å². The van der Waals surface area contributed by atoms with E-state index in [0.29, 0.717) is 13.1 Å². The van der Waals surface area contributed by atoms with Crippen molar-refractivity contribution in [2.45, 2.75) is 45.9 Å². The molecule has 0 radical (unpaired) electrons. The molecule has 1 aromatic heterocycles. The summed E-state index contributed by atoms with van der Waals surface area (Å²) in [7, 11) is 0. The van der Waals surface area contributed by atoms with Gasteiger partial charge in [0.25, 0.3) is 11.9 Å². The first-order valence-electron chi connectivity index (χ1n) is 10.3. The molecule has 6 atom stereocenters. The number of carboxylic acids is 2. The number of aliphatic carboxylic acids is 2. The number of aryl methyl sites for hydroxylation is 1. The van der Waals surface area contributed by atoms with Crippen molar-refractivity contribution in [3.63, 3.8) is 0 Å². The van der Waals surface area contributed by atoms with Crippen molar-refractivity contribution in [1.82, 2.24) is 20.2 Å². The second-order valence-electron chi connectivity index (χ2n) is 7.84. The Bertz CT molecular complexity index is 678. The molecule has 1 saturated carbocycles. The Balaban J connectivity index is 0.000000519. The fourth-order valence-electron chi connectivity index (χ4n) is 4.10. The number of imidazole rings is 1. The fourth-order valence-corrected chi connectivity index (χ4v) is 4.10. The number of aromatic nitrogens is 2. The Labute approximate surface area is 181 Å². The first-order valence-corrected chi connectivity index (χ1v) is 10.3. The van der Waals surface area contributed by atoms with Crippen LogP contribution in [0.25, 0.3) is 0 Å². The standard InChI is InChI=1S/C16H26N4O3.2C2H4O2/c1-10-13(11-7-18-8-12(11)15(22)14(10)21)16(23)19-3-2-5-20-6-4-17-9-20;2*1-2(3)4/h4,6,9-15,18,21-22H,2-3,5,7-8H2,1H3,(H,19,23);2*1H3,(H,3,4)/t10-,11+,12+,13+,14+,15+;;/m1../s1. The van der Waals surface area contributed by atoms with Gasteiger partial charge in [0.2, 0.25) is 5.91 Å². The van der Waals surface area contributed by atoms with Crippen LogP contribution in [-0.4, -0.2) is 79.7 Å². The molecule has 1 amide bonds. The molecule has 2 fully saturated rings. The van der Waals surface area contributed by atoms with Crippen LogP contribution in [0.5, 0.6) is 0 Å². The van der Waals surface area contributed by atoms with Crippen molar-refractivity contribution in [3.05, 3.63) is 18.7 Å². The maximum absolute atomic E-state index is 12.6. The third kappa shape index (κ3) is 8.64. The van der Waals surface area contributed by atoms with Crippen LogP contribution in [0.3, 0.4) is 0 Å². The highest BCUT2D eigenvalue weighted by Gasteiger charge is 2.52. The lowest BCUT2D eigenvalue weighted by Gasteiger charge is -2.43. The van der Waals surface area contributed by atoms with Crippen LogP contribution in [-0.2, 0) is 20.9 Å². The lowest BCUT2D eigenvalue weighted by Crippen LogP contribution is -2.55. The molecule has 1 aliphatic heterocycles. The van der Waals surface area contributed by atoms with Crippen molar-refractivity contribution in [2.75, 3.05) is 19.6 Å². The van der Waals surface area contributed by atoms with Gasteiger partial charge in [-0.2, -0.15) is 0 Å². The summed E-state index contributed by atoms with van der Waals surface area (Å²) in [5.74, 6) is -2.10. The molecule has 11 nitrogen and oxygen atoms in total. The number of nitrogens with one attached hydrogen (secondary N) is 2. The molecule has 2 heterocycles. The van der Waals surface area contributed by atoms with E-state index in [4.69, 9.17) is 19.8 Å². The second kappa shape index (κ2) is 13.0. The number of carbonyl (C=O) groups excluding carboxylic acids is 1. The molecule has 0 spiro atoms. The summed E-state index contributed by atoms with van der Waals surface area (Å²) in [6.07, 6.45) is 4.66. The van der Waals surface area contributed by atoms with Crippen LogP contribution in [0.15, 0.2) is 18.7 Å². The molecule has 0 bridgehead atoms. The molecule has 2 aliphatic rings. The van der Waals surface area contributed by atoms with Gasteiger partial charge in [-0.15, -0.1) is 0 Å². The number of amides is 1. The zero-order valence-corrected chi connectivity index (χ0v) is 18.1. The van der Waals surface area contributed by atoms with E-state index in [9.17, 15) is 15.0 Å². The molecule has 1 aromatic rings. The minimum absolute atomic E-state index is 0.00668. The number of hydrogen-bond donors (Lipinski definition) is 6. The molecule has 3 rings (SSSR count). The van der Waals surface area contributed by atoms with Gasteiger partial charge < -0.3 is 35.6 Å². The number of carboxylic acid groups (broad SMARTS) is 2. The van der Waals surface area contributed by atoms with E-state index in [2.05, 4.69) is 15.6 Å². The predicted molar refractivity (Wildman–Crippen MR) is 111 cm³/mol. The normalized spacial score (nSPS) is 28.8. The van der Waals surface area contributed by atoms with Gasteiger partial charge in [0, 0.05) is 57.7 Å². The number of fused-ring (bicyclic) bond motifs is 1.